The molecule has 2 aromatic rings. The fraction of sp³-hybridized carbons (Fsp3) is 0.250. The largest absolute Gasteiger partial charge is 0.478 e. The maximum atomic E-state index is 13.8. The Morgan fingerprint density at radius 3 is 2.69 bits per heavy atom. The summed E-state index contributed by atoms with van der Waals surface area (Å²) in [5, 5.41) is 9.40. The Labute approximate surface area is 91.5 Å². The molecule has 3 nitrogen and oxygen atoms in total. The van der Waals surface area contributed by atoms with Crippen molar-refractivity contribution in [3.8, 4) is 0 Å². The summed E-state index contributed by atoms with van der Waals surface area (Å²) in [6.07, 6.45) is 1.33. The summed E-state index contributed by atoms with van der Waals surface area (Å²) >= 11 is 0. The number of halogens is 1. The Kier molecular flexibility index (Phi) is 2.22. The molecule has 0 saturated heterocycles. The van der Waals surface area contributed by atoms with E-state index in [0.29, 0.717) is 16.5 Å². The van der Waals surface area contributed by atoms with Crippen LogP contribution in [-0.4, -0.2) is 11.1 Å². The van der Waals surface area contributed by atoms with Crippen LogP contribution in [0, 0.1) is 0 Å². The first-order chi connectivity index (χ1) is 7.39. The van der Waals surface area contributed by atoms with E-state index in [2.05, 4.69) is 0 Å². The molecule has 1 heterocycles. The minimum absolute atomic E-state index is 0.130. The van der Waals surface area contributed by atoms with Gasteiger partial charge in [0.15, 0.2) is 0 Å². The Balaban J connectivity index is 2.64. The zero-order valence-electron chi connectivity index (χ0n) is 8.95. The molecule has 0 radical (unpaired) electrons. The number of hydrogen-bond acceptors (Lipinski definition) is 2. The number of hydrogen-bond donors (Lipinski definition) is 1. The van der Waals surface area contributed by atoms with Crippen LogP contribution in [0.25, 0.3) is 11.0 Å². The summed E-state index contributed by atoms with van der Waals surface area (Å²) in [4.78, 5) is 10.7. The molecule has 0 amide bonds. The van der Waals surface area contributed by atoms with Crippen molar-refractivity contribution >= 4 is 16.9 Å². The zero-order valence-corrected chi connectivity index (χ0v) is 8.95. The first-order valence-electron chi connectivity index (χ1n) is 4.83. The van der Waals surface area contributed by atoms with Crippen LogP contribution >= 0.6 is 0 Å². The van der Waals surface area contributed by atoms with Gasteiger partial charge in [0.2, 0.25) is 0 Å². The zero-order chi connectivity index (χ0) is 11.9. The van der Waals surface area contributed by atoms with Gasteiger partial charge in [0.05, 0.1) is 11.8 Å². The third-order valence-corrected chi connectivity index (χ3v) is 2.46. The smallest absolute Gasteiger partial charge is 0.335 e. The van der Waals surface area contributed by atoms with Gasteiger partial charge in [0, 0.05) is 10.9 Å². The van der Waals surface area contributed by atoms with Gasteiger partial charge in [0.25, 0.3) is 0 Å². The lowest BCUT2D eigenvalue weighted by atomic mass is 9.99. The van der Waals surface area contributed by atoms with Gasteiger partial charge in [-0.2, -0.15) is 0 Å². The second-order valence-electron chi connectivity index (χ2n) is 4.14. The lowest BCUT2D eigenvalue weighted by Gasteiger charge is -2.11. The van der Waals surface area contributed by atoms with Crippen molar-refractivity contribution < 1.29 is 18.7 Å². The monoisotopic (exact) mass is 222 g/mol. The predicted molar refractivity (Wildman–Crippen MR) is 57.3 cm³/mol. The van der Waals surface area contributed by atoms with Crippen molar-refractivity contribution in [2.24, 2.45) is 0 Å². The number of fused-ring (bicyclic) bond motifs is 1. The molecule has 0 aliphatic rings. The van der Waals surface area contributed by atoms with E-state index >= 15 is 0 Å². The highest BCUT2D eigenvalue weighted by Gasteiger charge is 2.24. The average molecular weight is 222 g/mol. The minimum Gasteiger partial charge on any atom is -0.478 e. The van der Waals surface area contributed by atoms with E-state index in [1.165, 1.54) is 32.2 Å². The van der Waals surface area contributed by atoms with E-state index in [4.69, 9.17) is 9.52 Å². The van der Waals surface area contributed by atoms with Crippen LogP contribution in [0.5, 0.6) is 0 Å². The van der Waals surface area contributed by atoms with Gasteiger partial charge in [0.1, 0.15) is 11.3 Å². The summed E-state index contributed by atoms with van der Waals surface area (Å²) in [7, 11) is 0. The molecule has 16 heavy (non-hydrogen) atoms. The van der Waals surface area contributed by atoms with Gasteiger partial charge in [-0.3, -0.25) is 0 Å². The fourth-order valence-corrected chi connectivity index (χ4v) is 1.62. The Hall–Kier alpha value is -1.84. The molecule has 0 unspecified atom stereocenters. The molecule has 1 N–H and O–H groups in total. The van der Waals surface area contributed by atoms with Gasteiger partial charge in [-0.25, -0.2) is 9.18 Å². The third kappa shape index (κ3) is 1.66. The van der Waals surface area contributed by atoms with Crippen LogP contribution in [-0.2, 0) is 5.67 Å². The normalized spacial score (nSPS) is 11.9. The van der Waals surface area contributed by atoms with Gasteiger partial charge >= 0.3 is 5.97 Å². The van der Waals surface area contributed by atoms with Gasteiger partial charge in [-0.1, -0.05) is 0 Å². The summed E-state index contributed by atoms with van der Waals surface area (Å²) in [5.74, 6) is -1.03. The van der Waals surface area contributed by atoms with Gasteiger partial charge in [-0.05, 0) is 32.0 Å². The van der Waals surface area contributed by atoms with Crippen LogP contribution in [0.3, 0.4) is 0 Å². The van der Waals surface area contributed by atoms with Crippen molar-refractivity contribution in [3.63, 3.8) is 0 Å². The van der Waals surface area contributed by atoms with Crippen molar-refractivity contribution in [1.82, 2.24) is 0 Å². The first kappa shape index (κ1) is 10.7. The van der Waals surface area contributed by atoms with E-state index in [9.17, 15) is 9.18 Å². The number of rotatable bonds is 2. The standard InChI is InChI=1S/C12H11FO3/c1-12(2,13)9-6-16-10-5-7(11(14)15)3-4-8(9)10/h3-6H,1-2H3,(H,14,15). The predicted octanol–water partition coefficient (Wildman–Crippen LogP) is 3.34. The second-order valence-corrected chi connectivity index (χ2v) is 4.14. The third-order valence-electron chi connectivity index (χ3n) is 2.46. The quantitative estimate of drug-likeness (QED) is 0.847. The van der Waals surface area contributed by atoms with Crippen molar-refractivity contribution in [2.75, 3.05) is 0 Å². The molecular formula is C12H11FO3. The summed E-state index contributed by atoms with van der Waals surface area (Å²) in [5.41, 5.74) is -0.555. The summed E-state index contributed by atoms with van der Waals surface area (Å²) in [6, 6.07) is 4.40. The number of carboxylic acids is 1. The number of furan rings is 1. The summed E-state index contributed by atoms with van der Waals surface area (Å²) < 4.78 is 18.9. The van der Waals surface area contributed by atoms with E-state index in [-0.39, 0.29) is 5.56 Å². The van der Waals surface area contributed by atoms with Crippen LogP contribution < -0.4 is 0 Å². The lowest BCUT2D eigenvalue weighted by Crippen LogP contribution is -2.07. The van der Waals surface area contributed by atoms with Crippen molar-refractivity contribution in [2.45, 2.75) is 19.5 Å². The fourth-order valence-electron chi connectivity index (χ4n) is 1.62. The van der Waals surface area contributed by atoms with Gasteiger partial charge in [-0.15, -0.1) is 0 Å². The molecule has 0 atom stereocenters. The first-order valence-corrected chi connectivity index (χ1v) is 4.83. The Bertz CT molecular complexity index is 549. The second kappa shape index (κ2) is 3.33. The number of aromatic carboxylic acids is 1. The molecule has 0 aliphatic heterocycles. The molecular weight excluding hydrogens is 211 g/mol. The van der Waals surface area contributed by atoms with E-state index in [1.54, 1.807) is 6.07 Å². The summed E-state index contributed by atoms with van der Waals surface area (Å²) in [6.45, 7) is 2.87. The van der Waals surface area contributed by atoms with E-state index in [0.717, 1.165) is 0 Å². The number of carboxylic acid groups (broad SMARTS) is 1. The van der Waals surface area contributed by atoms with Crippen LogP contribution in [0.2, 0.25) is 0 Å². The van der Waals surface area contributed by atoms with E-state index < -0.39 is 11.6 Å². The molecule has 0 aliphatic carbocycles. The molecule has 0 fully saturated rings. The van der Waals surface area contributed by atoms with Crippen LogP contribution in [0.4, 0.5) is 4.39 Å². The molecule has 0 spiro atoms. The highest BCUT2D eigenvalue weighted by atomic mass is 19.1. The molecule has 2 rings (SSSR count). The molecule has 4 heteroatoms. The molecule has 1 aromatic heterocycles. The van der Waals surface area contributed by atoms with Crippen molar-refractivity contribution in [1.29, 1.82) is 0 Å². The Morgan fingerprint density at radius 2 is 2.12 bits per heavy atom. The maximum absolute atomic E-state index is 13.8. The van der Waals surface area contributed by atoms with Gasteiger partial charge < -0.3 is 9.52 Å². The molecule has 1 aromatic carbocycles. The molecule has 0 saturated carbocycles. The molecule has 84 valence electrons. The lowest BCUT2D eigenvalue weighted by molar-refractivity contribution is 0.0697. The average Bonchev–Trinajstić information content (AvgIpc) is 2.58. The van der Waals surface area contributed by atoms with Crippen LogP contribution in [0.15, 0.2) is 28.9 Å². The number of carbonyl (C=O) groups is 1. The maximum Gasteiger partial charge on any atom is 0.335 e. The molecule has 0 bridgehead atoms. The Morgan fingerprint density at radius 1 is 1.44 bits per heavy atom. The minimum atomic E-state index is -1.50. The SMILES string of the molecule is CC(C)(F)c1coc2cc(C(=O)O)ccc12. The van der Waals surface area contributed by atoms with Crippen LogP contribution in [0.1, 0.15) is 29.8 Å². The van der Waals surface area contributed by atoms with E-state index in [1.807, 2.05) is 0 Å². The highest BCUT2D eigenvalue weighted by Crippen LogP contribution is 2.33. The number of benzene rings is 1. The highest BCUT2D eigenvalue weighted by molar-refractivity contribution is 5.93. The topological polar surface area (TPSA) is 50.4 Å². The number of alkyl halides is 1. The van der Waals surface area contributed by atoms with Crippen molar-refractivity contribution in [3.05, 3.63) is 35.6 Å².